The number of nitrogens with zero attached hydrogens (tertiary/aromatic N) is 4. The molecule has 51 heavy (non-hydrogen) atoms. The van der Waals surface area contributed by atoms with Gasteiger partial charge in [0, 0.05) is 43.9 Å². The van der Waals surface area contributed by atoms with Crippen LogP contribution in [0.3, 0.4) is 0 Å². The van der Waals surface area contributed by atoms with E-state index in [9.17, 15) is 0 Å². The normalized spacial score (nSPS) is 11.5. The zero-order valence-electron chi connectivity index (χ0n) is 27.6. The molecule has 4 nitrogen and oxygen atoms in total. The van der Waals surface area contributed by atoms with Crippen LogP contribution in [0.2, 0.25) is 0 Å². The Morgan fingerprint density at radius 3 is 1.61 bits per heavy atom. The Hall–Kier alpha value is -6.91. The van der Waals surface area contributed by atoms with Gasteiger partial charge in [-0.3, -0.25) is 0 Å². The lowest BCUT2D eigenvalue weighted by molar-refractivity contribution is 1.18. The fraction of sp³-hybridized carbons (Fsp3) is 0. The van der Waals surface area contributed by atoms with Gasteiger partial charge in [-0.05, 0) is 59.7 Å². The molecule has 3 heterocycles. The summed E-state index contributed by atoms with van der Waals surface area (Å²) in [6, 6.07) is 63.8. The summed E-state index contributed by atoms with van der Waals surface area (Å²) < 4.78 is 2.36. The first kappa shape index (κ1) is 29.0. The van der Waals surface area contributed by atoms with Crippen LogP contribution in [0.5, 0.6) is 0 Å². The van der Waals surface area contributed by atoms with Gasteiger partial charge in [-0.25, -0.2) is 15.0 Å². The van der Waals surface area contributed by atoms with E-state index >= 15 is 0 Å². The molecule has 10 rings (SSSR count). The maximum absolute atomic E-state index is 5.36. The van der Waals surface area contributed by atoms with E-state index in [2.05, 4.69) is 162 Å². The minimum Gasteiger partial charge on any atom is -0.309 e. The van der Waals surface area contributed by atoms with Crippen molar-refractivity contribution >= 4 is 43.6 Å². The van der Waals surface area contributed by atoms with E-state index < -0.39 is 0 Å². The van der Waals surface area contributed by atoms with Gasteiger partial charge in [-0.2, -0.15) is 0 Å². The fourth-order valence-corrected chi connectivity index (χ4v) is 7.32. The molecule has 0 fully saturated rings. The van der Waals surface area contributed by atoms with Crippen LogP contribution in [0.4, 0.5) is 0 Å². The standard InChI is InChI=1S/C47H30N4/c1-5-13-31(14-6-1)35-23-27-42-39(29-35)40-30-36(24-28-43(40)51(42)37-19-11-4-12-20-37)41-26-22-33-21-25-38-44(32-15-7-2-8-16-32)49-47(34-17-9-3-10-18-34)50-46(38)45(33)48-41/h1-30H. The van der Waals surface area contributed by atoms with Gasteiger partial charge in [-0.15, -0.1) is 0 Å². The van der Waals surface area contributed by atoms with E-state index in [0.717, 1.165) is 61.1 Å². The molecular weight excluding hydrogens is 621 g/mol. The number of aromatic nitrogens is 4. The second-order valence-corrected chi connectivity index (χ2v) is 12.9. The molecule has 0 unspecified atom stereocenters. The van der Waals surface area contributed by atoms with Gasteiger partial charge < -0.3 is 4.57 Å². The van der Waals surface area contributed by atoms with E-state index in [4.69, 9.17) is 15.0 Å². The highest BCUT2D eigenvalue weighted by Crippen LogP contribution is 2.38. The summed E-state index contributed by atoms with van der Waals surface area (Å²) in [6.07, 6.45) is 0. The van der Waals surface area contributed by atoms with Gasteiger partial charge >= 0.3 is 0 Å². The van der Waals surface area contributed by atoms with Crippen LogP contribution in [0, 0.1) is 0 Å². The lowest BCUT2D eigenvalue weighted by atomic mass is 10.0. The Morgan fingerprint density at radius 1 is 0.353 bits per heavy atom. The minimum absolute atomic E-state index is 0.686. The zero-order valence-corrected chi connectivity index (χ0v) is 27.6. The Bertz CT molecular complexity index is 2880. The summed E-state index contributed by atoms with van der Waals surface area (Å²) >= 11 is 0. The highest BCUT2D eigenvalue weighted by molar-refractivity contribution is 6.12. The Morgan fingerprint density at radius 2 is 0.922 bits per heavy atom. The maximum Gasteiger partial charge on any atom is 0.160 e. The SMILES string of the molecule is c1ccc(-c2ccc3c(c2)c2cc(-c4ccc5ccc6c(-c7ccccc7)nc(-c7ccccc7)nc6c5n4)ccc2n3-c2ccccc2)cc1. The highest BCUT2D eigenvalue weighted by atomic mass is 15.0. The number of para-hydroxylation sites is 1. The average Bonchev–Trinajstić information content (AvgIpc) is 3.54. The largest absolute Gasteiger partial charge is 0.309 e. The van der Waals surface area contributed by atoms with Crippen molar-refractivity contribution in [1.82, 2.24) is 19.5 Å². The molecule has 0 aliphatic rings. The summed E-state index contributed by atoms with van der Waals surface area (Å²) in [5.74, 6) is 0.686. The lowest BCUT2D eigenvalue weighted by Crippen LogP contribution is -1.97. The Balaban J connectivity index is 1.20. The summed E-state index contributed by atoms with van der Waals surface area (Å²) in [5.41, 5.74) is 12.4. The first-order chi connectivity index (χ1) is 25.3. The Labute approximate surface area is 295 Å². The van der Waals surface area contributed by atoms with Crippen LogP contribution in [-0.4, -0.2) is 19.5 Å². The molecular formula is C47H30N4. The number of hydrogen-bond acceptors (Lipinski definition) is 3. The van der Waals surface area contributed by atoms with Crippen molar-refractivity contribution in [1.29, 1.82) is 0 Å². The first-order valence-electron chi connectivity index (χ1n) is 17.2. The number of benzene rings is 7. The van der Waals surface area contributed by atoms with Gasteiger partial charge in [0.05, 0.1) is 27.9 Å². The fourth-order valence-electron chi connectivity index (χ4n) is 7.32. The molecule has 0 aliphatic heterocycles. The topological polar surface area (TPSA) is 43.6 Å². The molecule has 0 bridgehead atoms. The molecule has 0 atom stereocenters. The smallest absolute Gasteiger partial charge is 0.160 e. The number of fused-ring (bicyclic) bond motifs is 6. The third-order valence-electron chi connectivity index (χ3n) is 9.79. The second kappa shape index (κ2) is 11.9. The van der Waals surface area contributed by atoms with Crippen molar-refractivity contribution in [2.45, 2.75) is 0 Å². The van der Waals surface area contributed by atoms with Crippen molar-refractivity contribution in [3.63, 3.8) is 0 Å². The number of rotatable bonds is 5. The third kappa shape index (κ3) is 4.96. The van der Waals surface area contributed by atoms with Gasteiger partial charge in [0.2, 0.25) is 0 Å². The van der Waals surface area contributed by atoms with Gasteiger partial charge in [0.1, 0.15) is 5.52 Å². The monoisotopic (exact) mass is 650 g/mol. The predicted molar refractivity (Wildman–Crippen MR) is 211 cm³/mol. The van der Waals surface area contributed by atoms with Crippen LogP contribution in [0.25, 0.3) is 94.3 Å². The summed E-state index contributed by atoms with van der Waals surface area (Å²) in [5, 5.41) is 4.41. The van der Waals surface area contributed by atoms with E-state index in [1.54, 1.807) is 0 Å². The van der Waals surface area contributed by atoms with Crippen LogP contribution < -0.4 is 0 Å². The molecule has 238 valence electrons. The lowest BCUT2D eigenvalue weighted by Gasteiger charge is -2.12. The second-order valence-electron chi connectivity index (χ2n) is 12.9. The van der Waals surface area contributed by atoms with Gasteiger partial charge in [-0.1, -0.05) is 133 Å². The molecule has 3 aromatic heterocycles. The van der Waals surface area contributed by atoms with E-state index in [0.29, 0.717) is 5.82 Å². The zero-order chi connectivity index (χ0) is 33.7. The van der Waals surface area contributed by atoms with E-state index in [1.165, 1.54) is 27.4 Å². The molecule has 10 aromatic rings. The van der Waals surface area contributed by atoms with Crippen molar-refractivity contribution < 1.29 is 0 Å². The molecule has 7 aromatic carbocycles. The number of pyridine rings is 1. The van der Waals surface area contributed by atoms with Crippen molar-refractivity contribution in [2.75, 3.05) is 0 Å². The van der Waals surface area contributed by atoms with Crippen molar-refractivity contribution in [2.24, 2.45) is 0 Å². The quantitative estimate of drug-likeness (QED) is 0.174. The van der Waals surface area contributed by atoms with Crippen LogP contribution in [0.15, 0.2) is 182 Å². The summed E-state index contributed by atoms with van der Waals surface area (Å²) in [4.78, 5) is 15.7. The van der Waals surface area contributed by atoms with Gasteiger partial charge in [0.15, 0.2) is 5.82 Å². The van der Waals surface area contributed by atoms with Crippen LogP contribution in [0.1, 0.15) is 0 Å². The molecule has 0 saturated heterocycles. The van der Waals surface area contributed by atoms with E-state index in [-0.39, 0.29) is 0 Å². The molecule has 0 radical (unpaired) electrons. The van der Waals surface area contributed by atoms with Gasteiger partial charge in [0.25, 0.3) is 0 Å². The number of hydrogen-bond donors (Lipinski definition) is 0. The highest BCUT2D eigenvalue weighted by Gasteiger charge is 2.17. The van der Waals surface area contributed by atoms with Crippen molar-refractivity contribution in [3.8, 4) is 50.7 Å². The van der Waals surface area contributed by atoms with Crippen molar-refractivity contribution in [3.05, 3.63) is 182 Å². The molecule has 0 aliphatic carbocycles. The molecule has 0 N–H and O–H groups in total. The maximum atomic E-state index is 5.36. The molecule has 0 amide bonds. The minimum atomic E-state index is 0.686. The molecule has 4 heteroatoms. The molecule has 0 saturated carbocycles. The summed E-state index contributed by atoms with van der Waals surface area (Å²) in [6.45, 7) is 0. The first-order valence-corrected chi connectivity index (χ1v) is 17.2. The predicted octanol–water partition coefficient (Wildman–Crippen LogP) is 11.9. The molecule has 0 spiro atoms. The van der Waals surface area contributed by atoms with E-state index in [1.807, 2.05) is 24.3 Å². The average molecular weight is 651 g/mol. The third-order valence-corrected chi connectivity index (χ3v) is 9.79. The summed E-state index contributed by atoms with van der Waals surface area (Å²) in [7, 11) is 0. The Kier molecular flexibility index (Phi) is 6.78. The van der Waals surface area contributed by atoms with Crippen LogP contribution >= 0.6 is 0 Å². The van der Waals surface area contributed by atoms with Crippen LogP contribution in [-0.2, 0) is 0 Å².